The number of carbonyl (C=O) groups excluding carboxylic acids is 1. The molecular weight excluding hydrogens is 276 g/mol. The summed E-state index contributed by atoms with van der Waals surface area (Å²) < 4.78 is 5.12. The van der Waals surface area contributed by atoms with Crippen molar-refractivity contribution in [1.82, 2.24) is 5.32 Å². The highest BCUT2D eigenvalue weighted by Gasteiger charge is 2.00. The molecule has 0 radical (unpaired) electrons. The van der Waals surface area contributed by atoms with Gasteiger partial charge in [0.05, 0.1) is 0 Å². The molecule has 2 rings (SSSR count). The Bertz CT molecular complexity index is 607. The van der Waals surface area contributed by atoms with Crippen LogP contribution in [0.2, 0.25) is 0 Å². The second-order valence-corrected chi connectivity index (χ2v) is 4.72. The van der Waals surface area contributed by atoms with Crippen molar-refractivity contribution in [1.29, 1.82) is 0 Å². The van der Waals surface area contributed by atoms with Crippen molar-refractivity contribution in [3.8, 4) is 0 Å². The molecule has 0 aliphatic heterocycles. The first-order valence-electron chi connectivity index (χ1n) is 7.17. The van der Waals surface area contributed by atoms with Gasteiger partial charge in [0.15, 0.2) is 0 Å². The summed E-state index contributed by atoms with van der Waals surface area (Å²) in [6, 6.07) is 17.6. The molecule has 0 saturated carbocycles. The highest BCUT2D eigenvalue weighted by molar-refractivity contribution is 5.67. The molecule has 4 heteroatoms. The van der Waals surface area contributed by atoms with Crippen molar-refractivity contribution in [3.05, 3.63) is 71.8 Å². The molecule has 0 aliphatic rings. The van der Waals surface area contributed by atoms with E-state index in [9.17, 15) is 4.79 Å². The Labute approximate surface area is 130 Å². The van der Waals surface area contributed by atoms with Gasteiger partial charge in [-0.3, -0.25) is 0 Å². The molecule has 0 saturated heterocycles. The van der Waals surface area contributed by atoms with Crippen LogP contribution in [-0.4, -0.2) is 19.7 Å². The SMILES string of the molecule is CNc1ccc(C=CCNC(=O)OCc2ccccc2)cc1. The molecule has 22 heavy (non-hydrogen) atoms. The number of anilines is 1. The monoisotopic (exact) mass is 296 g/mol. The van der Waals surface area contributed by atoms with Gasteiger partial charge in [-0.1, -0.05) is 54.6 Å². The molecule has 0 atom stereocenters. The van der Waals surface area contributed by atoms with E-state index < -0.39 is 6.09 Å². The minimum absolute atomic E-state index is 0.280. The van der Waals surface area contributed by atoms with Gasteiger partial charge >= 0.3 is 6.09 Å². The molecule has 4 nitrogen and oxygen atoms in total. The van der Waals surface area contributed by atoms with Crippen LogP contribution in [-0.2, 0) is 11.3 Å². The van der Waals surface area contributed by atoms with Crippen molar-refractivity contribution in [2.24, 2.45) is 0 Å². The van der Waals surface area contributed by atoms with Gasteiger partial charge in [-0.25, -0.2) is 4.79 Å². The number of alkyl carbamates (subject to hydrolysis) is 1. The quantitative estimate of drug-likeness (QED) is 0.855. The lowest BCUT2D eigenvalue weighted by molar-refractivity contribution is 0.141. The van der Waals surface area contributed by atoms with E-state index >= 15 is 0 Å². The van der Waals surface area contributed by atoms with Gasteiger partial charge in [0.2, 0.25) is 0 Å². The van der Waals surface area contributed by atoms with E-state index in [1.807, 2.05) is 73.8 Å². The maximum atomic E-state index is 11.5. The molecule has 0 spiro atoms. The normalized spacial score (nSPS) is 10.4. The van der Waals surface area contributed by atoms with Crippen molar-refractivity contribution >= 4 is 17.9 Å². The molecule has 114 valence electrons. The molecule has 0 fully saturated rings. The molecule has 0 heterocycles. The minimum atomic E-state index is -0.418. The first-order valence-corrected chi connectivity index (χ1v) is 7.17. The summed E-state index contributed by atoms with van der Waals surface area (Å²) >= 11 is 0. The number of hydrogen-bond acceptors (Lipinski definition) is 3. The first-order chi connectivity index (χ1) is 10.8. The predicted molar refractivity (Wildman–Crippen MR) is 89.7 cm³/mol. The lowest BCUT2D eigenvalue weighted by Crippen LogP contribution is -2.24. The van der Waals surface area contributed by atoms with Gasteiger partial charge in [0.25, 0.3) is 0 Å². The third-order valence-corrected chi connectivity index (χ3v) is 3.09. The zero-order chi connectivity index (χ0) is 15.6. The van der Waals surface area contributed by atoms with Crippen molar-refractivity contribution in [3.63, 3.8) is 0 Å². The highest BCUT2D eigenvalue weighted by atomic mass is 16.5. The van der Waals surface area contributed by atoms with Crippen LogP contribution in [0.1, 0.15) is 11.1 Å². The summed E-state index contributed by atoms with van der Waals surface area (Å²) in [5.74, 6) is 0. The molecule has 0 aromatic heterocycles. The lowest BCUT2D eigenvalue weighted by atomic mass is 10.2. The Kier molecular flexibility index (Phi) is 6.05. The van der Waals surface area contributed by atoms with Gasteiger partial charge in [0.1, 0.15) is 6.61 Å². The largest absolute Gasteiger partial charge is 0.445 e. The molecule has 0 bridgehead atoms. The number of amides is 1. The summed E-state index contributed by atoms with van der Waals surface area (Å²) in [5, 5.41) is 5.75. The average molecular weight is 296 g/mol. The number of ether oxygens (including phenoxy) is 1. The molecule has 0 aliphatic carbocycles. The standard InChI is InChI=1S/C18H20N2O2/c1-19-17-11-9-15(10-12-17)8-5-13-20-18(21)22-14-16-6-3-2-4-7-16/h2-12,19H,13-14H2,1H3,(H,20,21). The maximum Gasteiger partial charge on any atom is 0.407 e. The molecule has 1 amide bonds. The van der Waals surface area contributed by atoms with E-state index in [2.05, 4.69) is 10.6 Å². The Morgan fingerprint density at radius 3 is 2.50 bits per heavy atom. The van der Waals surface area contributed by atoms with Crippen LogP contribution in [0.3, 0.4) is 0 Å². The predicted octanol–water partition coefficient (Wildman–Crippen LogP) is 3.67. The van der Waals surface area contributed by atoms with E-state index in [4.69, 9.17) is 4.74 Å². The summed E-state index contributed by atoms with van der Waals surface area (Å²) in [7, 11) is 1.88. The topological polar surface area (TPSA) is 50.4 Å². The fourth-order valence-electron chi connectivity index (χ4n) is 1.87. The van der Waals surface area contributed by atoms with E-state index in [1.165, 1.54) is 0 Å². The highest BCUT2D eigenvalue weighted by Crippen LogP contribution is 2.09. The third kappa shape index (κ3) is 5.32. The number of rotatable bonds is 6. The fraction of sp³-hybridized carbons (Fsp3) is 0.167. The summed E-state index contributed by atoms with van der Waals surface area (Å²) in [6.45, 7) is 0.712. The van der Waals surface area contributed by atoms with Crippen LogP contribution < -0.4 is 10.6 Å². The second kappa shape index (κ2) is 8.52. The van der Waals surface area contributed by atoms with Crippen molar-refractivity contribution in [2.45, 2.75) is 6.61 Å². The van der Waals surface area contributed by atoms with E-state index in [1.54, 1.807) is 0 Å². The number of benzene rings is 2. The van der Waals surface area contributed by atoms with Gasteiger partial charge in [-0.15, -0.1) is 0 Å². The fourth-order valence-corrected chi connectivity index (χ4v) is 1.87. The smallest absolute Gasteiger partial charge is 0.407 e. The number of hydrogen-bond donors (Lipinski definition) is 2. The molecule has 2 aromatic rings. The Morgan fingerprint density at radius 2 is 1.82 bits per heavy atom. The van der Waals surface area contributed by atoms with Crippen LogP contribution in [0, 0.1) is 0 Å². The van der Waals surface area contributed by atoms with Gasteiger partial charge < -0.3 is 15.4 Å². The number of nitrogens with one attached hydrogen (secondary N) is 2. The minimum Gasteiger partial charge on any atom is -0.445 e. The van der Waals surface area contributed by atoms with Crippen molar-refractivity contribution < 1.29 is 9.53 Å². The summed E-state index contributed by atoms with van der Waals surface area (Å²) in [4.78, 5) is 11.5. The number of carbonyl (C=O) groups is 1. The van der Waals surface area contributed by atoms with E-state index in [0.29, 0.717) is 6.54 Å². The van der Waals surface area contributed by atoms with Gasteiger partial charge in [0, 0.05) is 19.3 Å². The molecule has 2 aromatic carbocycles. The van der Waals surface area contributed by atoms with E-state index in [0.717, 1.165) is 16.8 Å². The Hall–Kier alpha value is -2.75. The summed E-state index contributed by atoms with van der Waals surface area (Å²) in [6.07, 6.45) is 3.42. The van der Waals surface area contributed by atoms with Crippen molar-refractivity contribution in [2.75, 3.05) is 18.9 Å². The molecular formula is C18H20N2O2. The first kappa shape index (κ1) is 15.6. The van der Waals surface area contributed by atoms with Gasteiger partial charge in [-0.05, 0) is 23.3 Å². The molecule has 2 N–H and O–H groups in total. The second-order valence-electron chi connectivity index (χ2n) is 4.72. The molecule has 0 unspecified atom stereocenters. The Morgan fingerprint density at radius 1 is 1.09 bits per heavy atom. The van der Waals surface area contributed by atoms with E-state index in [-0.39, 0.29) is 6.61 Å². The Balaban J connectivity index is 1.68. The summed E-state index contributed by atoms with van der Waals surface area (Å²) in [5.41, 5.74) is 3.12. The lowest BCUT2D eigenvalue weighted by Gasteiger charge is -2.05. The zero-order valence-electron chi connectivity index (χ0n) is 12.6. The zero-order valence-corrected chi connectivity index (χ0v) is 12.6. The maximum absolute atomic E-state index is 11.5. The van der Waals surface area contributed by atoms with Crippen LogP contribution in [0.25, 0.3) is 6.08 Å². The average Bonchev–Trinajstić information content (AvgIpc) is 2.58. The van der Waals surface area contributed by atoms with Gasteiger partial charge in [-0.2, -0.15) is 0 Å². The van der Waals surface area contributed by atoms with Crippen LogP contribution in [0.15, 0.2) is 60.7 Å². The third-order valence-electron chi connectivity index (χ3n) is 3.09. The van der Waals surface area contributed by atoms with Crippen LogP contribution in [0.4, 0.5) is 10.5 Å². The van der Waals surface area contributed by atoms with Crippen LogP contribution >= 0.6 is 0 Å². The van der Waals surface area contributed by atoms with Crippen LogP contribution in [0.5, 0.6) is 0 Å².